The van der Waals surface area contributed by atoms with Gasteiger partial charge in [-0.1, -0.05) is 36.4 Å². The first-order valence-electron chi connectivity index (χ1n) is 8.81. The van der Waals surface area contributed by atoms with Crippen LogP contribution in [-0.2, 0) is 17.8 Å². The maximum atomic E-state index is 12.4. The maximum Gasteiger partial charge on any atom is 0.227 e. The second-order valence-corrected chi connectivity index (χ2v) is 6.52. The monoisotopic (exact) mass is 349 g/mol. The average Bonchev–Trinajstić information content (AvgIpc) is 3.16. The summed E-state index contributed by atoms with van der Waals surface area (Å²) in [6.07, 6.45) is 1.40. The van der Waals surface area contributed by atoms with Crippen molar-refractivity contribution in [2.75, 3.05) is 20.2 Å². The van der Waals surface area contributed by atoms with Gasteiger partial charge in [0, 0.05) is 25.7 Å². The minimum Gasteiger partial charge on any atom is -0.495 e. The highest BCUT2D eigenvalue weighted by atomic mass is 16.5. The van der Waals surface area contributed by atoms with E-state index in [-0.39, 0.29) is 11.9 Å². The summed E-state index contributed by atoms with van der Waals surface area (Å²) in [7, 11) is 1.56. The lowest BCUT2D eigenvalue weighted by Crippen LogP contribution is -2.35. The number of nitrogens with zero attached hydrogens (tertiary/aromatic N) is 2. The van der Waals surface area contributed by atoms with E-state index in [4.69, 9.17) is 4.74 Å². The van der Waals surface area contributed by atoms with E-state index >= 15 is 0 Å². The van der Waals surface area contributed by atoms with E-state index in [0.29, 0.717) is 24.3 Å². The molecule has 1 N–H and O–H groups in total. The molecule has 1 atom stereocenters. The van der Waals surface area contributed by atoms with Crippen molar-refractivity contribution in [3.63, 3.8) is 0 Å². The normalized spacial score (nSPS) is 16.3. The highest BCUT2D eigenvalue weighted by Crippen LogP contribution is 2.19. The van der Waals surface area contributed by atoms with Crippen molar-refractivity contribution in [3.8, 4) is 11.8 Å². The molecule has 1 saturated heterocycles. The van der Waals surface area contributed by atoms with Crippen LogP contribution in [0.15, 0.2) is 48.5 Å². The Bertz CT molecular complexity index is 799. The predicted molar refractivity (Wildman–Crippen MR) is 99.7 cm³/mol. The van der Waals surface area contributed by atoms with Gasteiger partial charge in [0.25, 0.3) is 0 Å². The molecular weight excluding hydrogens is 326 g/mol. The van der Waals surface area contributed by atoms with Gasteiger partial charge < -0.3 is 15.0 Å². The van der Waals surface area contributed by atoms with Crippen LogP contribution in [0.3, 0.4) is 0 Å². The fraction of sp³-hybridized carbons (Fsp3) is 0.333. The van der Waals surface area contributed by atoms with Gasteiger partial charge in [-0.3, -0.25) is 4.79 Å². The van der Waals surface area contributed by atoms with E-state index in [0.717, 1.165) is 30.6 Å². The molecule has 1 amide bonds. The first-order valence-corrected chi connectivity index (χ1v) is 8.81. The Morgan fingerprint density at radius 2 is 2.08 bits per heavy atom. The van der Waals surface area contributed by atoms with E-state index in [9.17, 15) is 10.1 Å². The lowest BCUT2D eigenvalue weighted by Gasteiger charge is -2.17. The number of amides is 1. The standard InChI is InChI=1S/C21H23N3O2/c1-26-20-8-7-17(11-18(20)13-22)14-23-19-9-10-24(15-19)21(25)12-16-5-3-2-4-6-16/h2-8,11,19,23H,9-10,12,14-15H2,1H3. The predicted octanol–water partition coefficient (Wildman–Crippen LogP) is 2.50. The van der Waals surface area contributed by atoms with Crippen LogP contribution in [0.25, 0.3) is 0 Å². The lowest BCUT2D eigenvalue weighted by atomic mass is 10.1. The van der Waals surface area contributed by atoms with Crippen LogP contribution in [0.4, 0.5) is 0 Å². The molecule has 0 aromatic heterocycles. The van der Waals surface area contributed by atoms with Crippen LogP contribution in [0.1, 0.15) is 23.1 Å². The quantitative estimate of drug-likeness (QED) is 0.870. The van der Waals surface area contributed by atoms with E-state index in [1.54, 1.807) is 7.11 Å². The first kappa shape index (κ1) is 18.0. The van der Waals surface area contributed by atoms with E-state index < -0.39 is 0 Å². The molecule has 26 heavy (non-hydrogen) atoms. The van der Waals surface area contributed by atoms with Crippen molar-refractivity contribution < 1.29 is 9.53 Å². The maximum absolute atomic E-state index is 12.4. The van der Waals surface area contributed by atoms with Gasteiger partial charge in [0.1, 0.15) is 11.8 Å². The molecule has 0 radical (unpaired) electrons. The molecule has 1 fully saturated rings. The van der Waals surface area contributed by atoms with E-state index in [1.807, 2.05) is 53.4 Å². The average molecular weight is 349 g/mol. The van der Waals surface area contributed by atoms with Gasteiger partial charge >= 0.3 is 0 Å². The zero-order valence-corrected chi connectivity index (χ0v) is 14.9. The smallest absolute Gasteiger partial charge is 0.227 e. The van der Waals surface area contributed by atoms with Gasteiger partial charge in [0.2, 0.25) is 5.91 Å². The molecule has 134 valence electrons. The Kier molecular flexibility index (Phi) is 5.88. The number of benzene rings is 2. The summed E-state index contributed by atoms with van der Waals surface area (Å²) in [5.74, 6) is 0.770. The first-order chi connectivity index (χ1) is 12.7. The molecule has 0 aliphatic carbocycles. The van der Waals surface area contributed by atoms with Crippen molar-refractivity contribution in [2.45, 2.75) is 25.4 Å². The Labute approximate surface area is 154 Å². The SMILES string of the molecule is COc1ccc(CNC2CCN(C(=O)Cc3ccccc3)C2)cc1C#N. The summed E-state index contributed by atoms with van der Waals surface area (Å²) in [6, 6.07) is 17.9. The fourth-order valence-corrected chi connectivity index (χ4v) is 3.25. The van der Waals surface area contributed by atoms with Gasteiger partial charge in [-0.05, 0) is 29.7 Å². The molecule has 2 aromatic rings. The number of ether oxygens (including phenoxy) is 1. The summed E-state index contributed by atoms with van der Waals surface area (Å²) in [5, 5.41) is 12.7. The molecule has 5 heteroatoms. The summed E-state index contributed by atoms with van der Waals surface area (Å²) >= 11 is 0. The third-order valence-corrected chi connectivity index (χ3v) is 4.72. The van der Waals surface area contributed by atoms with E-state index in [2.05, 4.69) is 11.4 Å². The van der Waals surface area contributed by atoms with Gasteiger partial charge in [0.15, 0.2) is 0 Å². The molecule has 0 saturated carbocycles. The highest BCUT2D eigenvalue weighted by molar-refractivity contribution is 5.79. The van der Waals surface area contributed by atoms with Crippen LogP contribution in [-0.4, -0.2) is 37.0 Å². The Morgan fingerprint density at radius 3 is 2.81 bits per heavy atom. The molecular formula is C21H23N3O2. The molecule has 1 unspecified atom stereocenters. The van der Waals surface area contributed by atoms with Crippen molar-refractivity contribution in [1.29, 1.82) is 5.26 Å². The second kappa shape index (κ2) is 8.50. The minimum absolute atomic E-state index is 0.178. The largest absolute Gasteiger partial charge is 0.495 e. The molecule has 2 aromatic carbocycles. The van der Waals surface area contributed by atoms with Crippen molar-refractivity contribution >= 4 is 5.91 Å². The van der Waals surface area contributed by atoms with E-state index in [1.165, 1.54) is 0 Å². The zero-order valence-electron chi connectivity index (χ0n) is 14.9. The number of carbonyl (C=O) groups excluding carboxylic acids is 1. The molecule has 1 heterocycles. The number of methoxy groups -OCH3 is 1. The molecule has 0 bridgehead atoms. The number of rotatable bonds is 6. The Balaban J connectivity index is 1.50. The van der Waals surface area contributed by atoms with Gasteiger partial charge in [0.05, 0.1) is 19.1 Å². The second-order valence-electron chi connectivity index (χ2n) is 6.52. The number of hydrogen-bond donors (Lipinski definition) is 1. The summed E-state index contributed by atoms with van der Waals surface area (Å²) < 4.78 is 5.17. The summed E-state index contributed by atoms with van der Waals surface area (Å²) in [4.78, 5) is 14.4. The number of likely N-dealkylation sites (tertiary alicyclic amines) is 1. The fourth-order valence-electron chi connectivity index (χ4n) is 3.25. The van der Waals surface area contributed by atoms with Crippen LogP contribution in [0, 0.1) is 11.3 Å². The van der Waals surface area contributed by atoms with Crippen LogP contribution < -0.4 is 10.1 Å². The molecule has 0 spiro atoms. The van der Waals surface area contributed by atoms with Gasteiger partial charge in [-0.25, -0.2) is 0 Å². The van der Waals surface area contributed by atoms with Crippen LogP contribution in [0.5, 0.6) is 5.75 Å². The molecule has 1 aliphatic rings. The minimum atomic E-state index is 0.178. The van der Waals surface area contributed by atoms with Gasteiger partial charge in [-0.2, -0.15) is 5.26 Å². The van der Waals surface area contributed by atoms with Crippen molar-refractivity contribution in [3.05, 3.63) is 65.2 Å². The third-order valence-electron chi connectivity index (χ3n) is 4.72. The van der Waals surface area contributed by atoms with Crippen molar-refractivity contribution in [1.82, 2.24) is 10.2 Å². The lowest BCUT2D eigenvalue weighted by molar-refractivity contribution is -0.129. The third kappa shape index (κ3) is 4.41. The van der Waals surface area contributed by atoms with Crippen molar-refractivity contribution in [2.24, 2.45) is 0 Å². The Morgan fingerprint density at radius 1 is 1.27 bits per heavy atom. The molecule has 1 aliphatic heterocycles. The highest BCUT2D eigenvalue weighted by Gasteiger charge is 2.25. The zero-order chi connectivity index (χ0) is 18.4. The van der Waals surface area contributed by atoms with Crippen LogP contribution in [0.2, 0.25) is 0 Å². The molecule has 3 rings (SSSR count). The number of hydrogen-bond acceptors (Lipinski definition) is 4. The Hall–Kier alpha value is -2.84. The number of nitriles is 1. The number of carbonyl (C=O) groups is 1. The summed E-state index contributed by atoms with van der Waals surface area (Å²) in [6.45, 7) is 2.19. The topological polar surface area (TPSA) is 65.4 Å². The summed E-state index contributed by atoms with van der Waals surface area (Å²) in [5.41, 5.74) is 2.63. The van der Waals surface area contributed by atoms with Crippen LogP contribution >= 0.6 is 0 Å². The van der Waals surface area contributed by atoms with Gasteiger partial charge in [-0.15, -0.1) is 0 Å². The molecule has 5 nitrogen and oxygen atoms in total. The number of nitrogens with one attached hydrogen (secondary N) is 1.